The number of benzene rings is 1. The summed E-state index contributed by atoms with van der Waals surface area (Å²) >= 11 is 0. The number of fused-ring (bicyclic) bond motifs is 1. The van der Waals surface area contributed by atoms with Crippen LogP contribution in [0.15, 0.2) is 18.2 Å². The highest BCUT2D eigenvalue weighted by molar-refractivity contribution is 6.34. The van der Waals surface area contributed by atoms with Crippen LogP contribution in [0, 0.1) is 19.7 Å². The number of rotatable bonds is 8. The average molecular weight is 470 g/mol. The van der Waals surface area contributed by atoms with Gasteiger partial charge in [-0.05, 0) is 63.5 Å². The van der Waals surface area contributed by atoms with Crippen LogP contribution < -0.4 is 10.6 Å². The standard InChI is InChI=1S/C25H28FN3O5/c1-4-33-9-5-6-21-23(30)20(12-34-21)29-25(32)22-13(2)19(27-14(22)3)11-17-16-10-15(26)7-8-18(16)28-24(17)31/h7-8,10-11,20-21,27H,4-6,9,12H2,1-3H3,(H,28,31)(H,29,32)/b17-11-/t20-,21?/m1/s1. The second kappa shape index (κ2) is 9.90. The fourth-order valence-electron chi connectivity index (χ4n) is 4.39. The lowest BCUT2D eigenvalue weighted by atomic mass is 10.0. The van der Waals surface area contributed by atoms with E-state index in [-0.39, 0.29) is 18.3 Å². The Labute approximate surface area is 196 Å². The topological polar surface area (TPSA) is 110 Å². The third kappa shape index (κ3) is 4.67. The first kappa shape index (κ1) is 23.8. The van der Waals surface area contributed by atoms with Crippen LogP contribution in [0.3, 0.4) is 0 Å². The van der Waals surface area contributed by atoms with Crippen molar-refractivity contribution < 1.29 is 28.2 Å². The molecule has 2 aliphatic rings. The van der Waals surface area contributed by atoms with Gasteiger partial charge in [0.05, 0.1) is 17.7 Å². The molecular weight excluding hydrogens is 441 g/mol. The minimum Gasteiger partial charge on any atom is -0.382 e. The van der Waals surface area contributed by atoms with Gasteiger partial charge in [0.25, 0.3) is 11.8 Å². The maximum Gasteiger partial charge on any atom is 0.256 e. The number of hydrogen-bond acceptors (Lipinski definition) is 5. The molecule has 1 aromatic carbocycles. The predicted octanol–water partition coefficient (Wildman–Crippen LogP) is 3.15. The van der Waals surface area contributed by atoms with Gasteiger partial charge in [-0.1, -0.05) is 0 Å². The van der Waals surface area contributed by atoms with Crippen molar-refractivity contribution in [1.82, 2.24) is 10.3 Å². The van der Waals surface area contributed by atoms with Gasteiger partial charge in [0.1, 0.15) is 18.0 Å². The van der Waals surface area contributed by atoms with Crippen molar-refractivity contribution in [3.8, 4) is 0 Å². The lowest BCUT2D eigenvalue weighted by Gasteiger charge is -2.11. The number of aryl methyl sites for hydroxylation is 1. The number of aromatic amines is 1. The number of carbonyl (C=O) groups excluding carboxylic acids is 3. The van der Waals surface area contributed by atoms with Gasteiger partial charge in [0, 0.05) is 35.9 Å². The molecule has 0 spiro atoms. The first-order valence-corrected chi connectivity index (χ1v) is 11.4. The number of H-pyrrole nitrogens is 1. The highest BCUT2D eigenvalue weighted by atomic mass is 19.1. The Kier molecular flexibility index (Phi) is 6.95. The number of ether oxygens (including phenoxy) is 2. The smallest absolute Gasteiger partial charge is 0.256 e. The summed E-state index contributed by atoms with van der Waals surface area (Å²) in [5, 5.41) is 5.49. The van der Waals surface area contributed by atoms with Crippen LogP contribution in [0.1, 0.15) is 52.6 Å². The van der Waals surface area contributed by atoms with E-state index in [4.69, 9.17) is 9.47 Å². The summed E-state index contributed by atoms with van der Waals surface area (Å²) in [5.41, 5.74) is 3.49. The van der Waals surface area contributed by atoms with E-state index in [1.165, 1.54) is 18.2 Å². The van der Waals surface area contributed by atoms with E-state index in [1.54, 1.807) is 19.9 Å². The third-order valence-electron chi connectivity index (χ3n) is 6.15. The number of halogens is 1. The molecule has 4 rings (SSSR count). The lowest BCUT2D eigenvalue weighted by molar-refractivity contribution is -0.123. The predicted molar refractivity (Wildman–Crippen MR) is 125 cm³/mol. The normalized spacial score (nSPS) is 20.6. The van der Waals surface area contributed by atoms with E-state index in [0.717, 1.165) is 0 Å². The molecule has 1 aromatic heterocycles. The monoisotopic (exact) mass is 469 g/mol. The van der Waals surface area contributed by atoms with Crippen LogP contribution in [0.2, 0.25) is 0 Å². The molecule has 9 heteroatoms. The van der Waals surface area contributed by atoms with Gasteiger partial charge in [0.2, 0.25) is 0 Å². The summed E-state index contributed by atoms with van der Waals surface area (Å²) in [6.45, 7) is 6.74. The minimum atomic E-state index is -0.712. The van der Waals surface area contributed by atoms with Crippen molar-refractivity contribution in [2.24, 2.45) is 0 Å². The van der Waals surface area contributed by atoms with Gasteiger partial charge in [-0.15, -0.1) is 0 Å². The van der Waals surface area contributed by atoms with Gasteiger partial charge in [0.15, 0.2) is 5.78 Å². The molecule has 2 aliphatic heterocycles. The Balaban J connectivity index is 1.49. The number of nitrogens with one attached hydrogen (secondary N) is 3. The zero-order valence-electron chi connectivity index (χ0n) is 19.4. The summed E-state index contributed by atoms with van der Waals surface area (Å²) in [7, 11) is 0. The Bertz CT molecular complexity index is 1170. The minimum absolute atomic E-state index is 0.131. The van der Waals surface area contributed by atoms with E-state index in [9.17, 15) is 18.8 Å². The number of aromatic nitrogens is 1. The van der Waals surface area contributed by atoms with Crippen LogP contribution in [-0.4, -0.2) is 54.5 Å². The van der Waals surface area contributed by atoms with Crippen molar-refractivity contribution in [2.45, 2.75) is 45.8 Å². The summed E-state index contributed by atoms with van der Waals surface area (Å²) in [5.74, 6) is -1.32. The number of amides is 2. The van der Waals surface area contributed by atoms with Gasteiger partial charge in [-0.25, -0.2) is 4.39 Å². The summed E-state index contributed by atoms with van der Waals surface area (Å²) in [4.78, 5) is 41.3. The SMILES string of the molecule is CCOCCCC1OC[C@@H](NC(=O)c2c(C)[nH]c(/C=C3\C(=O)Nc4ccc(F)cc43)c2C)C1=O. The fraction of sp³-hybridized carbons (Fsp3) is 0.400. The molecule has 2 atom stereocenters. The second-order valence-corrected chi connectivity index (χ2v) is 8.46. The van der Waals surface area contributed by atoms with Crippen LogP contribution in [-0.2, 0) is 19.1 Å². The largest absolute Gasteiger partial charge is 0.382 e. The highest BCUT2D eigenvalue weighted by Gasteiger charge is 2.36. The Hall–Kier alpha value is -3.30. The molecule has 0 saturated carbocycles. The van der Waals surface area contributed by atoms with Crippen molar-refractivity contribution in [3.05, 3.63) is 52.1 Å². The molecule has 2 aromatic rings. The van der Waals surface area contributed by atoms with Crippen molar-refractivity contribution in [3.63, 3.8) is 0 Å². The average Bonchev–Trinajstić information content (AvgIpc) is 3.39. The molecule has 0 radical (unpaired) electrons. The summed E-state index contributed by atoms with van der Waals surface area (Å²) in [6.07, 6.45) is 2.33. The Morgan fingerprint density at radius 1 is 1.32 bits per heavy atom. The molecule has 0 aliphatic carbocycles. The van der Waals surface area contributed by atoms with Gasteiger partial charge in [-0.2, -0.15) is 0 Å². The molecule has 0 bridgehead atoms. The van der Waals surface area contributed by atoms with E-state index in [0.29, 0.717) is 65.4 Å². The molecule has 1 saturated heterocycles. The fourth-order valence-corrected chi connectivity index (χ4v) is 4.39. The van der Waals surface area contributed by atoms with E-state index < -0.39 is 23.9 Å². The number of anilines is 1. The molecule has 3 N–H and O–H groups in total. The van der Waals surface area contributed by atoms with Crippen LogP contribution in [0.5, 0.6) is 0 Å². The molecule has 2 amide bonds. The van der Waals surface area contributed by atoms with Crippen LogP contribution in [0.25, 0.3) is 11.6 Å². The molecule has 180 valence electrons. The molecule has 1 unspecified atom stereocenters. The highest BCUT2D eigenvalue weighted by Crippen LogP contribution is 2.34. The summed E-state index contributed by atoms with van der Waals surface area (Å²) in [6, 6.07) is 3.39. The van der Waals surface area contributed by atoms with Gasteiger partial charge < -0.3 is 25.1 Å². The van der Waals surface area contributed by atoms with Crippen LogP contribution in [0.4, 0.5) is 10.1 Å². The molecule has 8 nitrogen and oxygen atoms in total. The van der Waals surface area contributed by atoms with E-state index in [1.807, 2.05) is 6.92 Å². The summed E-state index contributed by atoms with van der Waals surface area (Å²) < 4.78 is 24.6. The Morgan fingerprint density at radius 2 is 2.12 bits per heavy atom. The number of hydrogen-bond donors (Lipinski definition) is 3. The van der Waals surface area contributed by atoms with Crippen molar-refractivity contribution in [1.29, 1.82) is 0 Å². The number of Topliss-reactive ketones (excluding diaryl/α,β-unsaturated/α-hetero) is 1. The molecule has 1 fully saturated rings. The maximum absolute atomic E-state index is 13.7. The van der Waals surface area contributed by atoms with Crippen LogP contribution >= 0.6 is 0 Å². The second-order valence-electron chi connectivity index (χ2n) is 8.46. The quantitative estimate of drug-likeness (QED) is 0.407. The molecule has 34 heavy (non-hydrogen) atoms. The van der Waals surface area contributed by atoms with Crippen molar-refractivity contribution in [2.75, 3.05) is 25.1 Å². The Morgan fingerprint density at radius 3 is 2.88 bits per heavy atom. The number of ketones is 1. The first-order valence-electron chi connectivity index (χ1n) is 11.4. The third-order valence-corrected chi connectivity index (χ3v) is 6.15. The van der Waals surface area contributed by atoms with Gasteiger partial charge in [-0.3, -0.25) is 14.4 Å². The number of carbonyl (C=O) groups is 3. The zero-order valence-corrected chi connectivity index (χ0v) is 19.4. The zero-order chi connectivity index (χ0) is 24.4. The first-order chi connectivity index (χ1) is 16.3. The van der Waals surface area contributed by atoms with E-state index >= 15 is 0 Å². The van der Waals surface area contributed by atoms with E-state index in [2.05, 4.69) is 15.6 Å². The molecule has 3 heterocycles. The van der Waals surface area contributed by atoms with Gasteiger partial charge >= 0.3 is 0 Å². The molecular formula is C25H28FN3O5. The lowest BCUT2D eigenvalue weighted by Crippen LogP contribution is -2.41. The van der Waals surface area contributed by atoms with Crippen molar-refractivity contribution >= 4 is 34.9 Å². The maximum atomic E-state index is 13.7.